The Bertz CT molecular complexity index is 150. The molecule has 0 N–H and O–H groups in total. The lowest BCUT2D eigenvalue weighted by Gasteiger charge is -1.84. The first-order valence-electron chi connectivity index (χ1n) is 2.37. The van der Waals surface area contributed by atoms with Crippen LogP contribution >= 0.6 is 0 Å². The Kier molecular flexibility index (Phi) is 0.340. The zero-order chi connectivity index (χ0) is 4.85. The fourth-order valence-electron chi connectivity index (χ4n) is 0.862. The molecule has 0 aromatic carbocycles. The van der Waals surface area contributed by atoms with Crippen LogP contribution in [-0.2, 0) is 4.79 Å². The molecule has 0 aromatic rings. The van der Waals surface area contributed by atoms with Gasteiger partial charge in [-0.3, -0.25) is 4.79 Å². The molecule has 0 bridgehead atoms. The van der Waals surface area contributed by atoms with E-state index in [2.05, 4.69) is 0 Å². The molecule has 36 valence electrons. The van der Waals surface area contributed by atoms with Crippen molar-refractivity contribution in [1.82, 2.24) is 4.90 Å². The summed E-state index contributed by atoms with van der Waals surface area (Å²) < 4.78 is 0. The van der Waals surface area contributed by atoms with Crippen LogP contribution in [0.5, 0.6) is 0 Å². The summed E-state index contributed by atoms with van der Waals surface area (Å²) >= 11 is 0. The summed E-state index contributed by atoms with van der Waals surface area (Å²) in [7, 11) is 0. The fraction of sp³-hybridized carbons (Fsp3) is 0.400. The summed E-state index contributed by atoms with van der Waals surface area (Å²) in [5.74, 6) is 0.185. The highest BCUT2D eigenvalue weighted by Gasteiger charge is 2.39. The number of nitrogens with zero attached hydrogens (tertiary/aromatic N) is 1. The van der Waals surface area contributed by atoms with Crippen molar-refractivity contribution in [2.75, 3.05) is 6.54 Å². The first-order valence-corrected chi connectivity index (χ1v) is 2.37. The molecule has 2 heterocycles. The molecule has 0 radical (unpaired) electrons. The highest BCUT2D eigenvalue weighted by Crippen LogP contribution is 2.24. The first kappa shape index (κ1) is 3.24. The van der Waals surface area contributed by atoms with Gasteiger partial charge in [-0.25, -0.2) is 0 Å². The maximum absolute atomic E-state index is 10.5. The number of hydrogen-bond acceptors (Lipinski definition) is 1. The third kappa shape index (κ3) is 0.266. The molecule has 1 fully saturated rings. The van der Waals surface area contributed by atoms with Crippen molar-refractivity contribution < 1.29 is 4.79 Å². The predicted octanol–water partition coefficient (Wildman–Crippen LogP) is -0.233. The van der Waals surface area contributed by atoms with Crippen molar-refractivity contribution in [1.29, 1.82) is 0 Å². The van der Waals surface area contributed by atoms with Crippen molar-refractivity contribution in [3.63, 3.8) is 0 Å². The van der Waals surface area contributed by atoms with Gasteiger partial charge in [-0.2, -0.15) is 0 Å². The van der Waals surface area contributed by atoms with E-state index in [1.807, 2.05) is 11.0 Å². The van der Waals surface area contributed by atoms with E-state index in [4.69, 9.17) is 0 Å². The van der Waals surface area contributed by atoms with E-state index in [1.54, 1.807) is 6.08 Å². The molecule has 1 atom stereocenters. The van der Waals surface area contributed by atoms with Gasteiger partial charge in [0.2, 0.25) is 5.91 Å². The van der Waals surface area contributed by atoms with Crippen molar-refractivity contribution >= 4 is 5.91 Å². The predicted molar refractivity (Wildman–Crippen MR) is 24.6 cm³/mol. The molecule has 2 rings (SSSR count). The highest BCUT2D eigenvalue weighted by atomic mass is 16.2. The molecule has 2 nitrogen and oxygen atoms in total. The topological polar surface area (TPSA) is 20.1 Å². The van der Waals surface area contributed by atoms with Gasteiger partial charge in [0, 0.05) is 12.6 Å². The quantitative estimate of drug-likeness (QED) is 0.380. The Hall–Kier alpha value is -0.790. The minimum absolute atomic E-state index is 0.185. The van der Waals surface area contributed by atoms with E-state index in [0.717, 1.165) is 6.54 Å². The smallest absolute Gasteiger partial charge is 0.246 e. The van der Waals surface area contributed by atoms with Crippen LogP contribution in [-0.4, -0.2) is 23.4 Å². The Morgan fingerprint density at radius 2 is 2.71 bits per heavy atom. The number of amides is 1. The van der Waals surface area contributed by atoms with Gasteiger partial charge < -0.3 is 4.90 Å². The van der Waals surface area contributed by atoms with Crippen LogP contribution in [0.3, 0.4) is 0 Å². The second-order valence-electron chi connectivity index (χ2n) is 1.92. The third-order valence-corrected chi connectivity index (χ3v) is 1.39. The summed E-state index contributed by atoms with van der Waals surface area (Å²) in [5.41, 5.74) is 0. The zero-order valence-electron chi connectivity index (χ0n) is 3.79. The largest absolute Gasteiger partial charge is 0.329 e. The summed E-state index contributed by atoms with van der Waals surface area (Å²) in [6, 6.07) is 0.493. The number of fused-ring (bicyclic) bond motifs is 1. The maximum Gasteiger partial charge on any atom is 0.246 e. The number of carbonyl (C=O) groups excluding carboxylic acids is 1. The van der Waals surface area contributed by atoms with Gasteiger partial charge >= 0.3 is 0 Å². The SMILES string of the molecule is O=C1C=CC2CN12. The molecular formula is C5H5NO. The molecule has 2 aliphatic heterocycles. The van der Waals surface area contributed by atoms with Crippen LogP contribution in [0.1, 0.15) is 0 Å². The Balaban J connectivity index is 2.37. The van der Waals surface area contributed by atoms with Crippen LogP contribution in [0.15, 0.2) is 12.2 Å². The third-order valence-electron chi connectivity index (χ3n) is 1.39. The molecule has 7 heavy (non-hydrogen) atoms. The molecule has 0 aliphatic carbocycles. The lowest BCUT2D eigenvalue weighted by atomic mass is 10.4. The zero-order valence-corrected chi connectivity index (χ0v) is 3.79. The molecule has 2 heteroatoms. The first-order chi connectivity index (χ1) is 3.38. The summed E-state index contributed by atoms with van der Waals surface area (Å²) in [5, 5.41) is 0. The lowest BCUT2D eigenvalue weighted by molar-refractivity contribution is -0.120. The monoisotopic (exact) mass is 95.0 g/mol. The van der Waals surface area contributed by atoms with Gasteiger partial charge in [-0.15, -0.1) is 0 Å². The van der Waals surface area contributed by atoms with E-state index in [-0.39, 0.29) is 5.91 Å². The number of rotatable bonds is 0. The molecule has 1 unspecified atom stereocenters. The molecule has 1 saturated heterocycles. The van der Waals surface area contributed by atoms with Gasteiger partial charge in [-0.05, 0) is 0 Å². The van der Waals surface area contributed by atoms with E-state index in [1.165, 1.54) is 0 Å². The summed E-state index contributed by atoms with van der Waals surface area (Å²) in [4.78, 5) is 12.3. The average molecular weight is 95.1 g/mol. The van der Waals surface area contributed by atoms with E-state index in [9.17, 15) is 4.79 Å². The Morgan fingerprint density at radius 3 is 2.86 bits per heavy atom. The van der Waals surface area contributed by atoms with Crippen molar-refractivity contribution in [2.24, 2.45) is 0 Å². The highest BCUT2D eigenvalue weighted by molar-refractivity contribution is 5.93. The van der Waals surface area contributed by atoms with Crippen LogP contribution in [0, 0.1) is 0 Å². The van der Waals surface area contributed by atoms with Crippen molar-refractivity contribution in [3.8, 4) is 0 Å². The minimum atomic E-state index is 0.185. The minimum Gasteiger partial charge on any atom is -0.329 e. The summed E-state index contributed by atoms with van der Waals surface area (Å²) in [6.45, 7) is 0.968. The molecule has 2 aliphatic rings. The standard InChI is InChI=1S/C5H5NO/c7-5-2-1-4-3-6(4)5/h1-2,4H,3H2. The second kappa shape index (κ2) is 0.735. The molecule has 0 spiro atoms. The lowest BCUT2D eigenvalue weighted by Crippen LogP contribution is -2.02. The Labute approximate surface area is 41.4 Å². The maximum atomic E-state index is 10.5. The molecular weight excluding hydrogens is 90.1 g/mol. The van der Waals surface area contributed by atoms with Gasteiger partial charge in [0.15, 0.2) is 0 Å². The average Bonchev–Trinajstić information content (AvgIpc) is 2.33. The van der Waals surface area contributed by atoms with Gasteiger partial charge in [0.1, 0.15) is 0 Å². The van der Waals surface area contributed by atoms with Gasteiger partial charge in [0.25, 0.3) is 0 Å². The summed E-state index contributed by atoms with van der Waals surface area (Å²) in [6.07, 6.45) is 3.58. The fourth-order valence-corrected chi connectivity index (χ4v) is 0.862. The van der Waals surface area contributed by atoms with E-state index in [0.29, 0.717) is 6.04 Å². The van der Waals surface area contributed by atoms with Crippen LogP contribution < -0.4 is 0 Å². The van der Waals surface area contributed by atoms with Crippen molar-refractivity contribution in [2.45, 2.75) is 6.04 Å². The van der Waals surface area contributed by atoms with E-state index < -0.39 is 0 Å². The van der Waals surface area contributed by atoms with Crippen LogP contribution in [0.4, 0.5) is 0 Å². The Morgan fingerprint density at radius 1 is 1.86 bits per heavy atom. The number of carbonyl (C=O) groups is 1. The molecule has 1 amide bonds. The van der Waals surface area contributed by atoms with Gasteiger partial charge in [-0.1, -0.05) is 6.08 Å². The van der Waals surface area contributed by atoms with Crippen molar-refractivity contribution in [3.05, 3.63) is 12.2 Å². The molecule has 0 saturated carbocycles. The second-order valence-corrected chi connectivity index (χ2v) is 1.92. The normalized spacial score (nSPS) is 34.0. The molecule has 0 aromatic heterocycles. The van der Waals surface area contributed by atoms with E-state index >= 15 is 0 Å². The number of hydrogen-bond donors (Lipinski definition) is 0. The van der Waals surface area contributed by atoms with Crippen LogP contribution in [0.25, 0.3) is 0 Å². The van der Waals surface area contributed by atoms with Gasteiger partial charge in [0.05, 0.1) is 6.04 Å². The van der Waals surface area contributed by atoms with Crippen LogP contribution in [0.2, 0.25) is 0 Å².